The lowest BCUT2D eigenvalue weighted by molar-refractivity contribution is 0.0546. The maximum atomic E-state index is 5.94. The fourth-order valence-electron chi connectivity index (χ4n) is 1.67. The second kappa shape index (κ2) is 12.1. The standard InChI is InChI=1S/C13H31NO3Si/c1-5-9-10-11-13-17-18(15-7-3,16-8-4)14-12-6-2/h14H,5-13H2,1-4H3. The molecule has 0 saturated carbocycles. The predicted molar refractivity (Wildman–Crippen MR) is 77.4 cm³/mol. The zero-order chi connectivity index (χ0) is 13.7. The molecule has 0 amide bonds. The molecule has 0 aliphatic heterocycles. The molecule has 0 aromatic carbocycles. The summed E-state index contributed by atoms with van der Waals surface area (Å²) in [5.41, 5.74) is 0. The first-order valence-electron chi connectivity index (χ1n) is 7.41. The molecule has 0 aromatic heterocycles. The molecule has 0 atom stereocenters. The van der Waals surface area contributed by atoms with E-state index in [-0.39, 0.29) is 0 Å². The van der Waals surface area contributed by atoms with Gasteiger partial charge in [0.25, 0.3) is 0 Å². The largest absolute Gasteiger partial charge is 0.596 e. The lowest BCUT2D eigenvalue weighted by atomic mass is 10.2. The Morgan fingerprint density at radius 3 is 1.94 bits per heavy atom. The van der Waals surface area contributed by atoms with E-state index in [4.69, 9.17) is 13.3 Å². The molecule has 110 valence electrons. The SMILES string of the molecule is CCCCCCO[Si](NCCC)(OCC)OCC. The minimum atomic E-state index is -2.63. The summed E-state index contributed by atoms with van der Waals surface area (Å²) in [4.78, 5) is 3.35. The Morgan fingerprint density at radius 2 is 1.44 bits per heavy atom. The van der Waals surface area contributed by atoms with Gasteiger partial charge >= 0.3 is 8.97 Å². The quantitative estimate of drug-likeness (QED) is 0.415. The molecule has 0 aromatic rings. The van der Waals surface area contributed by atoms with Crippen molar-refractivity contribution < 1.29 is 13.3 Å². The Hall–Kier alpha value is 0.0569. The van der Waals surface area contributed by atoms with Crippen LogP contribution in [0.15, 0.2) is 0 Å². The monoisotopic (exact) mass is 277 g/mol. The Bertz CT molecular complexity index is 176. The van der Waals surface area contributed by atoms with Crippen LogP contribution in [-0.4, -0.2) is 35.3 Å². The van der Waals surface area contributed by atoms with Gasteiger partial charge in [0.05, 0.1) is 0 Å². The van der Waals surface area contributed by atoms with Gasteiger partial charge in [-0.2, -0.15) is 0 Å². The number of unbranched alkanes of at least 4 members (excludes halogenated alkanes) is 3. The number of hydrogen-bond acceptors (Lipinski definition) is 4. The van der Waals surface area contributed by atoms with Gasteiger partial charge in [0.2, 0.25) is 0 Å². The lowest BCUT2D eigenvalue weighted by Gasteiger charge is -2.28. The van der Waals surface area contributed by atoms with Crippen molar-refractivity contribution in [2.24, 2.45) is 0 Å². The van der Waals surface area contributed by atoms with E-state index >= 15 is 0 Å². The number of nitrogens with one attached hydrogen (secondary N) is 1. The van der Waals surface area contributed by atoms with E-state index in [1.165, 1.54) is 19.3 Å². The van der Waals surface area contributed by atoms with Crippen LogP contribution in [0.1, 0.15) is 59.8 Å². The van der Waals surface area contributed by atoms with Crippen LogP contribution in [0.5, 0.6) is 0 Å². The molecule has 0 saturated heterocycles. The minimum Gasteiger partial charge on any atom is -0.361 e. The first-order chi connectivity index (χ1) is 8.74. The van der Waals surface area contributed by atoms with Crippen molar-refractivity contribution in [2.45, 2.75) is 59.8 Å². The van der Waals surface area contributed by atoms with E-state index in [2.05, 4.69) is 18.8 Å². The van der Waals surface area contributed by atoms with E-state index in [0.29, 0.717) is 13.2 Å². The molecule has 0 aliphatic rings. The fourth-order valence-corrected chi connectivity index (χ4v) is 3.96. The van der Waals surface area contributed by atoms with Crippen LogP contribution >= 0.6 is 0 Å². The van der Waals surface area contributed by atoms with Crippen LogP contribution in [0.2, 0.25) is 0 Å². The summed E-state index contributed by atoms with van der Waals surface area (Å²) in [5, 5.41) is 0. The zero-order valence-corrected chi connectivity index (χ0v) is 13.6. The van der Waals surface area contributed by atoms with E-state index < -0.39 is 8.97 Å². The highest BCUT2D eigenvalue weighted by Crippen LogP contribution is 2.09. The summed E-state index contributed by atoms with van der Waals surface area (Å²) in [7, 11) is -2.63. The van der Waals surface area contributed by atoms with Gasteiger partial charge in [0, 0.05) is 19.8 Å². The predicted octanol–water partition coefficient (Wildman–Crippen LogP) is 3.09. The summed E-state index contributed by atoms with van der Waals surface area (Å²) in [6, 6.07) is 0. The Kier molecular flexibility index (Phi) is 12.1. The molecule has 0 fully saturated rings. The van der Waals surface area contributed by atoms with Crippen molar-refractivity contribution in [1.82, 2.24) is 4.98 Å². The summed E-state index contributed by atoms with van der Waals surface area (Å²) >= 11 is 0. The Labute approximate surface area is 114 Å². The second-order valence-corrected chi connectivity index (χ2v) is 6.59. The molecular weight excluding hydrogens is 246 g/mol. The highest BCUT2D eigenvalue weighted by molar-refractivity contribution is 6.57. The van der Waals surface area contributed by atoms with Crippen molar-refractivity contribution >= 4 is 8.97 Å². The van der Waals surface area contributed by atoms with E-state index in [0.717, 1.165) is 26.0 Å². The van der Waals surface area contributed by atoms with Crippen LogP contribution < -0.4 is 4.98 Å². The first-order valence-corrected chi connectivity index (χ1v) is 9.14. The van der Waals surface area contributed by atoms with Crippen molar-refractivity contribution in [2.75, 3.05) is 26.4 Å². The Morgan fingerprint density at radius 1 is 0.778 bits per heavy atom. The maximum Gasteiger partial charge on any atom is 0.596 e. The third-order valence-corrected chi connectivity index (χ3v) is 5.15. The number of rotatable bonds is 13. The van der Waals surface area contributed by atoms with Crippen LogP contribution in [0, 0.1) is 0 Å². The van der Waals surface area contributed by atoms with Gasteiger partial charge in [-0.15, -0.1) is 0 Å². The van der Waals surface area contributed by atoms with Gasteiger partial charge in [0.1, 0.15) is 0 Å². The molecule has 0 spiro atoms. The topological polar surface area (TPSA) is 39.7 Å². The van der Waals surface area contributed by atoms with Crippen LogP contribution in [0.25, 0.3) is 0 Å². The van der Waals surface area contributed by atoms with Crippen molar-refractivity contribution in [1.29, 1.82) is 0 Å². The molecule has 1 N–H and O–H groups in total. The van der Waals surface area contributed by atoms with Crippen molar-refractivity contribution in [3.05, 3.63) is 0 Å². The fraction of sp³-hybridized carbons (Fsp3) is 1.00. The van der Waals surface area contributed by atoms with Crippen LogP contribution in [0.4, 0.5) is 0 Å². The van der Waals surface area contributed by atoms with Crippen LogP contribution in [-0.2, 0) is 13.3 Å². The average molecular weight is 277 g/mol. The third-order valence-electron chi connectivity index (χ3n) is 2.55. The lowest BCUT2D eigenvalue weighted by Crippen LogP contribution is -2.59. The van der Waals surface area contributed by atoms with Crippen molar-refractivity contribution in [3.8, 4) is 0 Å². The van der Waals surface area contributed by atoms with Gasteiger partial charge in [-0.05, 0) is 33.2 Å². The zero-order valence-electron chi connectivity index (χ0n) is 12.6. The summed E-state index contributed by atoms with van der Waals surface area (Å²) in [6.07, 6.45) is 5.86. The minimum absolute atomic E-state index is 0.623. The molecule has 0 unspecified atom stereocenters. The molecule has 0 rings (SSSR count). The third kappa shape index (κ3) is 8.21. The Balaban J connectivity index is 4.14. The molecule has 0 radical (unpaired) electrons. The smallest absolute Gasteiger partial charge is 0.361 e. The van der Waals surface area contributed by atoms with Crippen LogP contribution in [0.3, 0.4) is 0 Å². The first kappa shape index (κ1) is 18.1. The second-order valence-electron chi connectivity index (χ2n) is 4.26. The highest BCUT2D eigenvalue weighted by atomic mass is 28.4. The van der Waals surface area contributed by atoms with E-state index in [1.807, 2.05) is 13.8 Å². The molecule has 0 heterocycles. The molecule has 4 nitrogen and oxygen atoms in total. The summed E-state index contributed by atoms with van der Waals surface area (Å²) in [6.45, 7) is 11.2. The van der Waals surface area contributed by atoms with E-state index in [9.17, 15) is 0 Å². The maximum absolute atomic E-state index is 5.94. The van der Waals surface area contributed by atoms with Gasteiger partial charge in [0.15, 0.2) is 0 Å². The normalized spacial score (nSPS) is 12.0. The van der Waals surface area contributed by atoms with E-state index in [1.54, 1.807) is 0 Å². The average Bonchev–Trinajstić information content (AvgIpc) is 2.37. The highest BCUT2D eigenvalue weighted by Gasteiger charge is 2.41. The summed E-state index contributed by atoms with van der Waals surface area (Å²) in [5.74, 6) is 0. The molecule has 18 heavy (non-hydrogen) atoms. The molecule has 0 aliphatic carbocycles. The molecule has 0 bridgehead atoms. The van der Waals surface area contributed by atoms with Gasteiger partial charge in [-0.3, -0.25) is 4.98 Å². The van der Waals surface area contributed by atoms with Gasteiger partial charge in [-0.1, -0.05) is 33.1 Å². The molecular formula is C13H31NO3Si. The summed E-state index contributed by atoms with van der Waals surface area (Å²) < 4.78 is 17.5. The van der Waals surface area contributed by atoms with Gasteiger partial charge < -0.3 is 13.3 Å². The number of hydrogen-bond donors (Lipinski definition) is 1. The van der Waals surface area contributed by atoms with Gasteiger partial charge in [-0.25, -0.2) is 0 Å². The molecule has 5 heteroatoms. The van der Waals surface area contributed by atoms with Crippen molar-refractivity contribution in [3.63, 3.8) is 0 Å².